The van der Waals surface area contributed by atoms with E-state index in [0.29, 0.717) is 22.0 Å². The summed E-state index contributed by atoms with van der Waals surface area (Å²) in [5.41, 5.74) is 6.90. The van der Waals surface area contributed by atoms with E-state index in [4.69, 9.17) is 5.73 Å². The van der Waals surface area contributed by atoms with Crippen molar-refractivity contribution in [3.8, 4) is 0 Å². The maximum Gasteiger partial charge on any atom is 0.126 e. The fourth-order valence-electron chi connectivity index (χ4n) is 1.89. The molecule has 0 amide bonds. The Balaban J connectivity index is 2.22. The lowest BCUT2D eigenvalue weighted by molar-refractivity contribution is 0.572. The van der Waals surface area contributed by atoms with Gasteiger partial charge in [0.15, 0.2) is 0 Å². The first-order chi connectivity index (χ1) is 8.94. The highest BCUT2D eigenvalue weighted by molar-refractivity contribution is 9.10. The molecule has 0 radical (unpaired) electrons. The van der Waals surface area contributed by atoms with Crippen molar-refractivity contribution in [2.24, 2.45) is 5.73 Å². The molecule has 0 aliphatic rings. The lowest BCUT2D eigenvalue weighted by Gasteiger charge is -2.13. The Morgan fingerprint density at radius 3 is 2.05 bits per heavy atom. The van der Waals surface area contributed by atoms with Crippen molar-refractivity contribution in [3.63, 3.8) is 0 Å². The Morgan fingerprint density at radius 1 is 0.895 bits per heavy atom. The molecule has 1 unspecified atom stereocenters. The van der Waals surface area contributed by atoms with Crippen molar-refractivity contribution >= 4 is 15.9 Å². The quantitative estimate of drug-likeness (QED) is 0.901. The molecule has 0 fully saturated rings. The molecule has 0 aliphatic heterocycles. The fraction of sp³-hybridized carbons (Fsp3) is 0.143. The van der Waals surface area contributed by atoms with Gasteiger partial charge in [0.2, 0.25) is 0 Å². The minimum atomic E-state index is -0.675. The second kappa shape index (κ2) is 5.75. The summed E-state index contributed by atoms with van der Waals surface area (Å²) in [4.78, 5) is 0. The van der Waals surface area contributed by atoms with E-state index in [1.807, 2.05) is 0 Å². The summed E-state index contributed by atoms with van der Waals surface area (Å²) in [6.45, 7) is 0. The Kier molecular flexibility index (Phi) is 4.27. The summed E-state index contributed by atoms with van der Waals surface area (Å²) < 4.78 is 40.0. The lowest BCUT2D eigenvalue weighted by Crippen LogP contribution is -2.14. The topological polar surface area (TPSA) is 26.0 Å². The van der Waals surface area contributed by atoms with Crippen LogP contribution in [0, 0.1) is 17.5 Å². The van der Waals surface area contributed by atoms with E-state index >= 15 is 0 Å². The molecule has 2 aromatic rings. The number of halogens is 4. The predicted molar refractivity (Wildman–Crippen MR) is 71.1 cm³/mol. The highest BCUT2D eigenvalue weighted by Crippen LogP contribution is 2.21. The minimum absolute atomic E-state index is 0.291. The largest absolute Gasteiger partial charge is 0.324 e. The second-order valence-electron chi connectivity index (χ2n) is 4.29. The lowest BCUT2D eigenvalue weighted by atomic mass is 9.99. The molecule has 100 valence electrons. The molecule has 5 heteroatoms. The van der Waals surface area contributed by atoms with Crippen molar-refractivity contribution in [3.05, 3.63) is 69.4 Å². The van der Waals surface area contributed by atoms with E-state index in [1.165, 1.54) is 24.3 Å². The molecule has 0 spiro atoms. The van der Waals surface area contributed by atoms with Gasteiger partial charge in [0.05, 0.1) is 0 Å². The SMILES string of the molecule is NC(Cc1cc(F)cc(Br)c1)c1cc(F)cc(F)c1. The van der Waals surface area contributed by atoms with Gasteiger partial charge < -0.3 is 5.73 Å². The van der Waals surface area contributed by atoms with Gasteiger partial charge in [0.1, 0.15) is 17.5 Å². The van der Waals surface area contributed by atoms with Crippen molar-refractivity contribution in [1.82, 2.24) is 0 Å². The van der Waals surface area contributed by atoms with Crippen molar-refractivity contribution in [1.29, 1.82) is 0 Å². The van der Waals surface area contributed by atoms with Crippen molar-refractivity contribution in [2.45, 2.75) is 12.5 Å². The van der Waals surface area contributed by atoms with Gasteiger partial charge in [-0.1, -0.05) is 15.9 Å². The maximum atomic E-state index is 13.2. The van der Waals surface area contributed by atoms with E-state index in [0.717, 1.165) is 6.07 Å². The molecule has 0 aliphatic carbocycles. The standard InChI is InChI=1S/C14H11BrF3N/c15-10-1-8(2-11(16)6-10)3-14(19)9-4-12(17)7-13(18)5-9/h1-2,4-7,14H,3,19H2. The Hall–Kier alpha value is -1.33. The van der Waals surface area contributed by atoms with Crippen LogP contribution in [-0.2, 0) is 6.42 Å². The molecule has 19 heavy (non-hydrogen) atoms. The zero-order chi connectivity index (χ0) is 14.0. The zero-order valence-electron chi connectivity index (χ0n) is 9.84. The maximum absolute atomic E-state index is 13.2. The van der Waals surface area contributed by atoms with Crippen LogP contribution < -0.4 is 5.73 Å². The van der Waals surface area contributed by atoms with Gasteiger partial charge in [0.25, 0.3) is 0 Å². The number of hydrogen-bond acceptors (Lipinski definition) is 1. The summed E-state index contributed by atoms with van der Waals surface area (Å²) in [5.74, 6) is -1.74. The van der Waals surface area contributed by atoms with Crippen LogP contribution in [0.5, 0.6) is 0 Å². The molecule has 1 nitrogen and oxygen atoms in total. The van der Waals surface area contributed by atoms with Gasteiger partial charge in [-0.05, 0) is 47.9 Å². The van der Waals surface area contributed by atoms with E-state index < -0.39 is 17.7 Å². The van der Waals surface area contributed by atoms with Crippen molar-refractivity contribution < 1.29 is 13.2 Å². The highest BCUT2D eigenvalue weighted by Gasteiger charge is 2.11. The number of rotatable bonds is 3. The highest BCUT2D eigenvalue weighted by atomic mass is 79.9. The summed E-state index contributed by atoms with van der Waals surface area (Å²) in [5, 5.41) is 0. The van der Waals surface area contributed by atoms with Gasteiger partial charge in [-0.25, -0.2) is 13.2 Å². The van der Waals surface area contributed by atoms with Gasteiger partial charge in [0, 0.05) is 16.6 Å². The van der Waals surface area contributed by atoms with Gasteiger partial charge in [-0.15, -0.1) is 0 Å². The molecule has 1 atom stereocenters. The summed E-state index contributed by atoms with van der Waals surface area (Å²) in [6, 6.07) is 6.95. The molecular weight excluding hydrogens is 319 g/mol. The van der Waals surface area contributed by atoms with Gasteiger partial charge in [-0.2, -0.15) is 0 Å². The van der Waals surface area contributed by atoms with Crippen LogP contribution in [0.25, 0.3) is 0 Å². The van der Waals surface area contributed by atoms with Crippen LogP contribution in [0.3, 0.4) is 0 Å². The van der Waals surface area contributed by atoms with E-state index in [-0.39, 0.29) is 5.82 Å². The molecule has 0 saturated heterocycles. The monoisotopic (exact) mass is 329 g/mol. The predicted octanol–water partition coefficient (Wildman–Crippen LogP) is 4.11. The molecule has 2 rings (SSSR count). The Bertz CT molecular complexity index is 561. The average Bonchev–Trinajstić information content (AvgIpc) is 2.25. The summed E-state index contributed by atoms with van der Waals surface area (Å²) >= 11 is 3.18. The number of nitrogens with two attached hydrogens (primary N) is 1. The third kappa shape index (κ3) is 3.81. The molecule has 0 aromatic heterocycles. The Labute approximate surface area is 117 Å². The molecule has 2 aromatic carbocycles. The number of benzene rings is 2. The van der Waals surface area contributed by atoms with Crippen LogP contribution in [0.4, 0.5) is 13.2 Å². The summed E-state index contributed by atoms with van der Waals surface area (Å²) in [7, 11) is 0. The van der Waals surface area contributed by atoms with Crippen LogP contribution in [0.1, 0.15) is 17.2 Å². The molecule has 0 saturated carbocycles. The normalized spacial score (nSPS) is 12.5. The third-order valence-corrected chi connectivity index (χ3v) is 3.15. The van der Waals surface area contributed by atoms with Crippen LogP contribution in [0.2, 0.25) is 0 Å². The van der Waals surface area contributed by atoms with E-state index in [9.17, 15) is 13.2 Å². The summed E-state index contributed by atoms with van der Waals surface area (Å²) in [6.07, 6.45) is 0.291. The number of hydrogen-bond donors (Lipinski definition) is 1. The van der Waals surface area contributed by atoms with Crippen LogP contribution >= 0.6 is 15.9 Å². The molecule has 0 heterocycles. The van der Waals surface area contributed by atoms with Crippen LogP contribution in [-0.4, -0.2) is 0 Å². The average molecular weight is 330 g/mol. The first kappa shape index (κ1) is 14.1. The second-order valence-corrected chi connectivity index (χ2v) is 5.21. The van der Waals surface area contributed by atoms with Gasteiger partial charge in [-0.3, -0.25) is 0 Å². The van der Waals surface area contributed by atoms with Gasteiger partial charge >= 0.3 is 0 Å². The molecular formula is C14H11BrF3N. The minimum Gasteiger partial charge on any atom is -0.324 e. The molecule has 0 bridgehead atoms. The molecule has 2 N–H and O–H groups in total. The van der Waals surface area contributed by atoms with Crippen LogP contribution in [0.15, 0.2) is 40.9 Å². The van der Waals surface area contributed by atoms with E-state index in [2.05, 4.69) is 15.9 Å². The van der Waals surface area contributed by atoms with E-state index in [1.54, 1.807) is 6.07 Å². The fourth-order valence-corrected chi connectivity index (χ4v) is 2.40. The Morgan fingerprint density at radius 2 is 1.47 bits per heavy atom. The van der Waals surface area contributed by atoms with Crippen molar-refractivity contribution in [2.75, 3.05) is 0 Å². The first-order valence-corrected chi connectivity index (χ1v) is 6.40. The zero-order valence-corrected chi connectivity index (χ0v) is 11.4. The third-order valence-electron chi connectivity index (χ3n) is 2.69. The first-order valence-electron chi connectivity index (χ1n) is 5.60. The smallest absolute Gasteiger partial charge is 0.126 e.